The van der Waals surface area contributed by atoms with Gasteiger partial charge in [0.1, 0.15) is 17.9 Å². The van der Waals surface area contributed by atoms with Crippen molar-refractivity contribution < 1.29 is 14.3 Å². The second-order valence-corrected chi connectivity index (χ2v) is 5.39. The molecule has 0 spiro atoms. The maximum absolute atomic E-state index is 11.6. The van der Waals surface area contributed by atoms with Crippen LogP contribution >= 0.6 is 0 Å². The predicted molar refractivity (Wildman–Crippen MR) is 83.8 cm³/mol. The zero-order valence-corrected chi connectivity index (χ0v) is 12.7. The predicted octanol–water partition coefficient (Wildman–Crippen LogP) is 2.38. The lowest BCUT2D eigenvalue weighted by Gasteiger charge is -2.16. The fraction of sp³-hybridized carbons (Fsp3) is 0.412. The van der Waals surface area contributed by atoms with Gasteiger partial charge in [-0.15, -0.1) is 0 Å². The first-order chi connectivity index (χ1) is 10.8. The summed E-state index contributed by atoms with van der Waals surface area (Å²) in [5.41, 5.74) is 1.93. The first-order valence-corrected chi connectivity index (χ1v) is 7.55. The number of hydrogen-bond acceptors (Lipinski definition) is 4. The Hall–Kier alpha value is -2.14. The highest BCUT2D eigenvalue weighted by molar-refractivity contribution is 5.87. The molecule has 1 aliphatic heterocycles. The number of fused-ring (bicyclic) bond motifs is 1. The van der Waals surface area contributed by atoms with Crippen LogP contribution in [0.3, 0.4) is 0 Å². The molecule has 2 aromatic rings. The van der Waals surface area contributed by atoms with E-state index in [1.54, 1.807) is 13.3 Å². The SMILES string of the molecule is COCc1ccc(OCCN2CCCC2=O)c2ncccc12. The van der Waals surface area contributed by atoms with Crippen molar-refractivity contribution in [2.24, 2.45) is 0 Å². The maximum Gasteiger partial charge on any atom is 0.222 e. The van der Waals surface area contributed by atoms with Crippen molar-refractivity contribution in [1.29, 1.82) is 0 Å². The second kappa shape index (κ2) is 6.75. The summed E-state index contributed by atoms with van der Waals surface area (Å²) in [6, 6.07) is 7.86. The highest BCUT2D eigenvalue weighted by Crippen LogP contribution is 2.27. The molecule has 5 heteroatoms. The number of pyridine rings is 1. The van der Waals surface area contributed by atoms with Gasteiger partial charge < -0.3 is 14.4 Å². The molecule has 0 radical (unpaired) electrons. The lowest BCUT2D eigenvalue weighted by atomic mass is 10.1. The molecule has 116 valence electrons. The van der Waals surface area contributed by atoms with Crippen molar-refractivity contribution in [2.45, 2.75) is 19.4 Å². The second-order valence-electron chi connectivity index (χ2n) is 5.39. The summed E-state index contributed by atoms with van der Waals surface area (Å²) in [6.45, 7) is 2.51. The van der Waals surface area contributed by atoms with Crippen LogP contribution in [0.1, 0.15) is 18.4 Å². The molecular weight excluding hydrogens is 280 g/mol. The van der Waals surface area contributed by atoms with Crippen LogP contribution in [0.25, 0.3) is 10.9 Å². The summed E-state index contributed by atoms with van der Waals surface area (Å²) in [7, 11) is 1.68. The number of amides is 1. The maximum atomic E-state index is 11.6. The van der Waals surface area contributed by atoms with Crippen molar-refractivity contribution in [1.82, 2.24) is 9.88 Å². The van der Waals surface area contributed by atoms with E-state index in [9.17, 15) is 4.79 Å². The summed E-state index contributed by atoms with van der Waals surface area (Å²) >= 11 is 0. The molecule has 1 aliphatic rings. The molecule has 0 atom stereocenters. The molecule has 22 heavy (non-hydrogen) atoms. The van der Waals surface area contributed by atoms with Gasteiger partial charge in [-0.25, -0.2) is 0 Å². The third-order valence-corrected chi connectivity index (χ3v) is 3.91. The monoisotopic (exact) mass is 300 g/mol. The fourth-order valence-electron chi connectivity index (χ4n) is 2.81. The van der Waals surface area contributed by atoms with E-state index < -0.39 is 0 Å². The van der Waals surface area contributed by atoms with Gasteiger partial charge in [-0.3, -0.25) is 9.78 Å². The van der Waals surface area contributed by atoms with E-state index in [0.29, 0.717) is 26.2 Å². The molecule has 2 heterocycles. The fourth-order valence-corrected chi connectivity index (χ4v) is 2.81. The molecule has 3 rings (SSSR count). The lowest BCUT2D eigenvalue weighted by Crippen LogP contribution is -2.29. The molecule has 0 N–H and O–H groups in total. The molecule has 0 aliphatic carbocycles. The van der Waals surface area contributed by atoms with E-state index in [4.69, 9.17) is 9.47 Å². The number of hydrogen-bond donors (Lipinski definition) is 0. The first kappa shape index (κ1) is 14.8. The summed E-state index contributed by atoms with van der Waals surface area (Å²) < 4.78 is 11.1. The van der Waals surface area contributed by atoms with Gasteiger partial charge in [-0.2, -0.15) is 0 Å². The Kier molecular flexibility index (Phi) is 4.53. The van der Waals surface area contributed by atoms with Gasteiger partial charge in [0.05, 0.1) is 13.2 Å². The minimum absolute atomic E-state index is 0.224. The zero-order valence-electron chi connectivity index (χ0n) is 12.7. The minimum atomic E-state index is 0.224. The molecule has 1 aromatic carbocycles. The number of carbonyl (C=O) groups is 1. The Morgan fingerprint density at radius 3 is 3.00 bits per heavy atom. The summed E-state index contributed by atoms with van der Waals surface area (Å²) in [4.78, 5) is 17.9. The molecule has 0 bridgehead atoms. The van der Waals surface area contributed by atoms with Crippen molar-refractivity contribution in [2.75, 3.05) is 26.8 Å². The number of benzene rings is 1. The average molecular weight is 300 g/mol. The van der Waals surface area contributed by atoms with Crippen LogP contribution in [-0.2, 0) is 16.1 Å². The van der Waals surface area contributed by atoms with Gasteiger partial charge in [0.25, 0.3) is 0 Å². The van der Waals surface area contributed by atoms with Crippen molar-refractivity contribution in [3.05, 3.63) is 36.0 Å². The molecule has 0 saturated carbocycles. The van der Waals surface area contributed by atoms with Gasteiger partial charge in [-0.1, -0.05) is 12.1 Å². The number of rotatable bonds is 6. The molecule has 1 aromatic heterocycles. The highest BCUT2D eigenvalue weighted by Gasteiger charge is 2.19. The summed E-state index contributed by atoms with van der Waals surface area (Å²) in [5, 5.41) is 1.04. The van der Waals surface area contributed by atoms with Crippen molar-refractivity contribution in [3.8, 4) is 5.75 Å². The Bertz CT molecular complexity index is 672. The van der Waals surface area contributed by atoms with E-state index >= 15 is 0 Å². The minimum Gasteiger partial charge on any atom is -0.489 e. The smallest absolute Gasteiger partial charge is 0.222 e. The van der Waals surface area contributed by atoms with Gasteiger partial charge >= 0.3 is 0 Å². The highest BCUT2D eigenvalue weighted by atomic mass is 16.5. The van der Waals surface area contributed by atoms with E-state index in [0.717, 1.165) is 35.2 Å². The number of carbonyl (C=O) groups excluding carboxylic acids is 1. The lowest BCUT2D eigenvalue weighted by molar-refractivity contribution is -0.128. The molecule has 1 fully saturated rings. The number of methoxy groups -OCH3 is 1. The Morgan fingerprint density at radius 1 is 1.32 bits per heavy atom. The standard InChI is InChI=1S/C17H20N2O3/c1-21-12-13-6-7-15(17-14(13)4-2-8-18-17)22-11-10-19-9-3-5-16(19)20/h2,4,6-8H,3,5,9-12H2,1H3. The van der Waals surface area contributed by atoms with Crippen LogP contribution in [0.15, 0.2) is 30.5 Å². The third kappa shape index (κ3) is 3.04. The van der Waals surface area contributed by atoms with Crippen LogP contribution in [0.5, 0.6) is 5.75 Å². The largest absolute Gasteiger partial charge is 0.489 e. The normalized spacial score (nSPS) is 14.8. The average Bonchev–Trinajstić information content (AvgIpc) is 2.95. The number of nitrogens with zero attached hydrogens (tertiary/aromatic N) is 2. The summed E-state index contributed by atoms with van der Waals surface area (Å²) in [5.74, 6) is 0.976. The van der Waals surface area contributed by atoms with Crippen LogP contribution in [0, 0.1) is 0 Å². The van der Waals surface area contributed by atoms with Gasteiger partial charge in [0, 0.05) is 31.7 Å². The third-order valence-electron chi connectivity index (χ3n) is 3.91. The molecule has 1 saturated heterocycles. The van der Waals surface area contributed by atoms with Crippen molar-refractivity contribution >= 4 is 16.8 Å². The van der Waals surface area contributed by atoms with Crippen LogP contribution < -0.4 is 4.74 Å². The first-order valence-electron chi connectivity index (χ1n) is 7.55. The van der Waals surface area contributed by atoms with Crippen molar-refractivity contribution in [3.63, 3.8) is 0 Å². The number of ether oxygens (including phenoxy) is 2. The number of aromatic nitrogens is 1. The van der Waals surface area contributed by atoms with Crippen LogP contribution in [-0.4, -0.2) is 42.6 Å². The molecular formula is C17H20N2O3. The van der Waals surface area contributed by atoms with E-state index in [1.165, 1.54) is 0 Å². The van der Waals surface area contributed by atoms with E-state index in [1.807, 2.05) is 29.2 Å². The Labute approximate surface area is 129 Å². The van der Waals surface area contributed by atoms with E-state index in [-0.39, 0.29) is 5.91 Å². The Balaban J connectivity index is 1.73. The van der Waals surface area contributed by atoms with Gasteiger partial charge in [0.2, 0.25) is 5.91 Å². The number of likely N-dealkylation sites (tertiary alicyclic amines) is 1. The van der Waals surface area contributed by atoms with Crippen LogP contribution in [0.2, 0.25) is 0 Å². The van der Waals surface area contributed by atoms with E-state index in [2.05, 4.69) is 4.98 Å². The molecule has 1 amide bonds. The molecule has 5 nitrogen and oxygen atoms in total. The van der Waals surface area contributed by atoms with Gasteiger partial charge in [-0.05, 0) is 24.1 Å². The Morgan fingerprint density at radius 2 is 2.23 bits per heavy atom. The zero-order chi connectivity index (χ0) is 15.4. The quantitative estimate of drug-likeness (QED) is 0.822. The van der Waals surface area contributed by atoms with Crippen LogP contribution in [0.4, 0.5) is 0 Å². The molecule has 0 unspecified atom stereocenters. The van der Waals surface area contributed by atoms with Gasteiger partial charge in [0.15, 0.2) is 0 Å². The topological polar surface area (TPSA) is 51.7 Å². The summed E-state index contributed by atoms with van der Waals surface area (Å²) in [6.07, 6.45) is 3.38.